The van der Waals surface area contributed by atoms with Gasteiger partial charge in [0, 0.05) is 28.3 Å². The molecular formula is C17H14BrFN2. The van der Waals surface area contributed by atoms with Gasteiger partial charge in [-0.2, -0.15) is 0 Å². The number of anilines is 1. The smallest absolute Gasteiger partial charge is 0.128 e. The lowest BCUT2D eigenvalue weighted by molar-refractivity contribution is 0.619. The highest BCUT2D eigenvalue weighted by atomic mass is 79.9. The summed E-state index contributed by atoms with van der Waals surface area (Å²) in [5, 5.41) is 4.32. The largest absolute Gasteiger partial charge is 0.381 e. The maximum absolute atomic E-state index is 13.6. The summed E-state index contributed by atoms with van der Waals surface area (Å²) >= 11 is 3.53. The first-order valence-corrected chi connectivity index (χ1v) is 7.46. The molecule has 1 N–H and O–H groups in total. The maximum Gasteiger partial charge on any atom is 0.128 e. The number of rotatable bonds is 3. The predicted octanol–water partition coefficient (Wildman–Crippen LogP) is 5.06. The van der Waals surface area contributed by atoms with Crippen molar-refractivity contribution < 1.29 is 4.39 Å². The van der Waals surface area contributed by atoms with E-state index < -0.39 is 0 Å². The Bertz CT molecular complexity index is 802. The Hall–Kier alpha value is -1.94. The van der Waals surface area contributed by atoms with E-state index in [4.69, 9.17) is 0 Å². The summed E-state index contributed by atoms with van der Waals surface area (Å²) in [5.41, 5.74) is 3.45. The molecule has 1 aromatic heterocycles. The molecule has 0 amide bonds. The van der Waals surface area contributed by atoms with Gasteiger partial charge in [-0.3, -0.25) is 4.98 Å². The molecule has 3 rings (SSSR count). The molecule has 2 aromatic carbocycles. The minimum Gasteiger partial charge on any atom is -0.381 e. The van der Waals surface area contributed by atoms with Crippen LogP contribution in [0.5, 0.6) is 0 Å². The first-order valence-electron chi connectivity index (χ1n) is 6.67. The summed E-state index contributed by atoms with van der Waals surface area (Å²) in [4.78, 5) is 4.44. The zero-order valence-electron chi connectivity index (χ0n) is 11.5. The van der Waals surface area contributed by atoms with Gasteiger partial charge >= 0.3 is 0 Å². The Morgan fingerprint density at radius 1 is 1.19 bits per heavy atom. The molecule has 0 atom stereocenters. The van der Waals surface area contributed by atoms with Crippen molar-refractivity contribution in [3.05, 3.63) is 70.1 Å². The fourth-order valence-corrected chi connectivity index (χ4v) is 2.69. The van der Waals surface area contributed by atoms with Crippen molar-refractivity contribution in [2.45, 2.75) is 13.5 Å². The van der Waals surface area contributed by atoms with E-state index >= 15 is 0 Å². The fourth-order valence-electron chi connectivity index (χ4n) is 2.24. The van der Waals surface area contributed by atoms with E-state index in [1.54, 1.807) is 19.2 Å². The van der Waals surface area contributed by atoms with Gasteiger partial charge in [0.15, 0.2) is 0 Å². The summed E-state index contributed by atoms with van der Waals surface area (Å²) in [6.45, 7) is 2.36. The topological polar surface area (TPSA) is 24.9 Å². The van der Waals surface area contributed by atoms with Crippen molar-refractivity contribution in [1.29, 1.82) is 0 Å². The number of halogens is 2. The molecule has 0 aliphatic heterocycles. The lowest BCUT2D eigenvalue weighted by atomic mass is 10.1. The summed E-state index contributed by atoms with van der Waals surface area (Å²) in [5.74, 6) is -0.196. The van der Waals surface area contributed by atoms with Gasteiger partial charge in [-0.05, 0) is 42.3 Å². The molecular weight excluding hydrogens is 331 g/mol. The Labute approximate surface area is 131 Å². The summed E-state index contributed by atoms with van der Waals surface area (Å²) < 4.78 is 14.6. The summed E-state index contributed by atoms with van der Waals surface area (Å²) in [6, 6.07) is 13.2. The van der Waals surface area contributed by atoms with Crippen LogP contribution in [0.3, 0.4) is 0 Å². The molecule has 1 heterocycles. The molecule has 0 unspecified atom stereocenters. The number of benzene rings is 2. The van der Waals surface area contributed by atoms with E-state index in [9.17, 15) is 4.39 Å². The second kappa shape index (κ2) is 5.82. The first-order chi connectivity index (χ1) is 10.1. The minimum atomic E-state index is -0.196. The van der Waals surface area contributed by atoms with Crippen molar-refractivity contribution in [3.8, 4) is 0 Å². The third-order valence-electron chi connectivity index (χ3n) is 3.45. The second-order valence-electron chi connectivity index (χ2n) is 4.92. The highest BCUT2D eigenvalue weighted by molar-refractivity contribution is 9.10. The van der Waals surface area contributed by atoms with Gasteiger partial charge in [0.2, 0.25) is 0 Å². The Balaban J connectivity index is 1.88. The van der Waals surface area contributed by atoms with E-state index in [-0.39, 0.29) is 5.82 Å². The van der Waals surface area contributed by atoms with Gasteiger partial charge in [-0.15, -0.1) is 0 Å². The number of fused-ring (bicyclic) bond motifs is 1. The van der Waals surface area contributed by atoms with Crippen LogP contribution in [0.4, 0.5) is 10.1 Å². The average Bonchev–Trinajstić information content (AvgIpc) is 2.50. The molecule has 106 valence electrons. The molecule has 0 bridgehead atoms. The minimum absolute atomic E-state index is 0.196. The molecule has 2 nitrogen and oxygen atoms in total. The molecule has 21 heavy (non-hydrogen) atoms. The standard InChI is InChI=1S/C17H14BrFN2/c1-11-4-6-13(9-16(11)19)21-10-12-5-7-15(18)14-3-2-8-20-17(12)14/h2-9,21H,10H2,1H3. The lowest BCUT2D eigenvalue weighted by Gasteiger charge is -2.10. The number of nitrogens with zero attached hydrogens (tertiary/aromatic N) is 1. The highest BCUT2D eigenvalue weighted by Crippen LogP contribution is 2.26. The van der Waals surface area contributed by atoms with Crippen LogP contribution in [0.15, 0.2) is 53.1 Å². The van der Waals surface area contributed by atoms with E-state index in [2.05, 4.69) is 26.2 Å². The zero-order chi connectivity index (χ0) is 14.8. The number of aromatic nitrogens is 1. The number of nitrogens with one attached hydrogen (secondary N) is 1. The number of hydrogen-bond donors (Lipinski definition) is 1. The van der Waals surface area contributed by atoms with Crippen molar-refractivity contribution >= 4 is 32.5 Å². The Morgan fingerprint density at radius 3 is 2.86 bits per heavy atom. The molecule has 0 aliphatic rings. The quantitative estimate of drug-likeness (QED) is 0.718. The molecule has 0 saturated carbocycles. The summed E-state index contributed by atoms with van der Waals surface area (Å²) in [6.07, 6.45) is 1.78. The van der Waals surface area contributed by atoms with Crippen LogP contribution < -0.4 is 5.32 Å². The van der Waals surface area contributed by atoms with E-state index in [1.807, 2.05) is 30.3 Å². The van der Waals surface area contributed by atoms with Gasteiger partial charge < -0.3 is 5.32 Å². The van der Waals surface area contributed by atoms with Gasteiger partial charge in [0.1, 0.15) is 5.82 Å². The van der Waals surface area contributed by atoms with Gasteiger partial charge in [-0.1, -0.05) is 34.1 Å². The van der Waals surface area contributed by atoms with Crippen LogP contribution in [0.1, 0.15) is 11.1 Å². The van der Waals surface area contributed by atoms with Crippen molar-refractivity contribution in [3.63, 3.8) is 0 Å². The molecule has 0 saturated heterocycles. The normalized spacial score (nSPS) is 10.8. The van der Waals surface area contributed by atoms with E-state index in [0.29, 0.717) is 12.1 Å². The maximum atomic E-state index is 13.6. The zero-order valence-corrected chi connectivity index (χ0v) is 13.1. The van der Waals surface area contributed by atoms with Gasteiger partial charge in [0.05, 0.1) is 5.52 Å². The monoisotopic (exact) mass is 344 g/mol. The van der Waals surface area contributed by atoms with Gasteiger partial charge in [-0.25, -0.2) is 4.39 Å². The number of hydrogen-bond acceptors (Lipinski definition) is 2. The van der Waals surface area contributed by atoms with Crippen molar-refractivity contribution in [2.24, 2.45) is 0 Å². The third-order valence-corrected chi connectivity index (χ3v) is 4.15. The van der Waals surface area contributed by atoms with Gasteiger partial charge in [0.25, 0.3) is 0 Å². The SMILES string of the molecule is Cc1ccc(NCc2ccc(Br)c3cccnc23)cc1F. The molecule has 0 aliphatic carbocycles. The Morgan fingerprint density at radius 2 is 2.05 bits per heavy atom. The van der Waals surface area contributed by atoms with E-state index in [1.165, 1.54) is 6.07 Å². The van der Waals surface area contributed by atoms with Crippen LogP contribution >= 0.6 is 15.9 Å². The number of pyridine rings is 1. The third kappa shape index (κ3) is 2.90. The van der Waals surface area contributed by atoms with Crippen molar-refractivity contribution in [1.82, 2.24) is 4.98 Å². The second-order valence-corrected chi connectivity index (χ2v) is 5.78. The van der Waals surface area contributed by atoms with Crippen LogP contribution in [-0.4, -0.2) is 4.98 Å². The Kier molecular flexibility index (Phi) is 3.88. The fraction of sp³-hybridized carbons (Fsp3) is 0.118. The molecule has 0 fully saturated rings. The molecule has 0 spiro atoms. The molecule has 4 heteroatoms. The molecule has 0 radical (unpaired) electrons. The van der Waals surface area contributed by atoms with Crippen LogP contribution in [0, 0.1) is 12.7 Å². The number of aryl methyl sites for hydroxylation is 1. The van der Waals surface area contributed by atoms with E-state index in [0.717, 1.165) is 26.6 Å². The predicted molar refractivity (Wildman–Crippen MR) is 87.9 cm³/mol. The average molecular weight is 345 g/mol. The van der Waals surface area contributed by atoms with Crippen LogP contribution in [0.2, 0.25) is 0 Å². The summed E-state index contributed by atoms with van der Waals surface area (Å²) in [7, 11) is 0. The van der Waals surface area contributed by atoms with Crippen molar-refractivity contribution in [2.75, 3.05) is 5.32 Å². The highest BCUT2D eigenvalue weighted by Gasteiger charge is 2.06. The van der Waals surface area contributed by atoms with Crippen LogP contribution in [0.25, 0.3) is 10.9 Å². The first kappa shape index (κ1) is 14.0. The molecule has 3 aromatic rings. The van der Waals surface area contributed by atoms with Crippen LogP contribution in [-0.2, 0) is 6.54 Å². The lowest BCUT2D eigenvalue weighted by Crippen LogP contribution is -2.01.